The summed E-state index contributed by atoms with van der Waals surface area (Å²) in [6.07, 6.45) is -6.50. The first-order chi connectivity index (χ1) is 14.7. The van der Waals surface area contributed by atoms with Gasteiger partial charge < -0.3 is 29.9 Å². The predicted octanol–water partition coefficient (Wildman–Crippen LogP) is 1.21. The van der Waals surface area contributed by atoms with Crippen molar-refractivity contribution in [2.75, 3.05) is 13.7 Å². The van der Waals surface area contributed by atoms with Crippen LogP contribution in [0.5, 0.6) is 5.75 Å². The van der Waals surface area contributed by atoms with E-state index in [-0.39, 0.29) is 0 Å². The van der Waals surface area contributed by atoms with Crippen molar-refractivity contribution in [1.29, 1.82) is 0 Å². The molecule has 1 saturated heterocycles. The molecule has 6 nitrogen and oxygen atoms in total. The lowest BCUT2D eigenvalue weighted by Gasteiger charge is -2.40. The Hall–Kier alpha value is -1.96. The second kappa shape index (κ2) is 8.05. The quantitative estimate of drug-likeness (QED) is 0.600. The monoisotopic (exact) mass is 402 g/mol. The van der Waals surface area contributed by atoms with Crippen LogP contribution in [-0.4, -0.2) is 58.6 Å². The summed E-state index contributed by atoms with van der Waals surface area (Å²) in [5.74, 6) is 0.482. The molecule has 2 aromatic carbocycles. The second-order valence-electron chi connectivity index (χ2n) is 7.79. The maximum atomic E-state index is 10.6. The Morgan fingerprint density at radius 3 is 2.55 bits per heavy atom. The smallest absolute Gasteiger partial charge is 0.125 e. The van der Waals surface area contributed by atoms with E-state index in [1.165, 1.54) is 7.11 Å². The van der Waals surface area contributed by atoms with Crippen molar-refractivity contribution < 1.29 is 32.6 Å². The van der Waals surface area contributed by atoms with E-state index in [1.807, 2.05) is 37.3 Å². The van der Waals surface area contributed by atoms with Crippen molar-refractivity contribution in [2.24, 2.45) is 0 Å². The van der Waals surface area contributed by atoms with E-state index in [0.717, 1.165) is 27.8 Å². The number of aliphatic hydroxyl groups excluding tert-OH is 4. The molecular formula is C23H28O6. The van der Waals surface area contributed by atoms with Crippen LogP contribution in [-0.2, 0) is 24.0 Å². The first-order valence-corrected chi connectivity index (χ1v) is 9.76. The zero-order valence-electron chi connectivity index (χ0n) is 18.5. The van der Waals surface area contributed by atoms with E-state index in [9.17, 15) is 20.4 Å². The van der Waals surface area contributed by atoms with E-state index in [2.05, 4.69) is 0 Å². The minimum atomic E-state index is -1.46. The molecular weight excluding hydrogens is 372 g/mol. The third-order valence-electron chi connectivity index (χ3n) is 5.92. The van der Waals surface area contributed by atoms with Gasteiger partial charge in [-0.25, -0.2) is 0 Å². The van der Waals surface area contributed by atoms with E-state index >= 15 is 0 Å². The van der Waals surface area contributed by atoms with Gasteiger partial charge in [0.1, 0.15) is 36.3 Å². The molecule has 0 unspecified atom stereocenters. The zero-order chi connectivity index (χ0) is 22.5. The summed E-state index contributed by atoms with van der Waals surface area (Å²) in [7, 11) is 1.51. The Kier molecular flexibility index (Phi) is 4.96. The Bertz CT molecular complexity index is 977. The van der Waals surface area contributed by atoms with Gasteiger partial charge in [-0.15, -0.1) is 0 Å². The van der Waals surface area contributed by atoms with Gasteiger partial charge in [0.2, 0.25) is 0 Å². The number of rotatable bonds is 5. The van der Waals surface area contributed by atoms with Crippen molar-refractivity contribution in [2.45, 2.75) is 56.7 Å². The van der Waals surface area contributed by atoms with Crippen LogP contribution in [0.4, 0.5) is 0 Å². The highest BCUT2D eigenvalue weighted by atomic mass is 16.5. The van der Waals surface area contributed by atoms with Crippen LogP contribution < -0.4 is 4.74 Å². The van der Waals surface area contributed by atoms with E-state index < -0.39 is 43.5 Å². The number of fused-ring (bicyclic) bond motifs is 1. The van der Waals surface area contributed by atoms with Crippen LogP contribution in [0, 0.1) is 6.92 Å². The van der Waals surface area contributed by atoms with Gasteiger partial charge >= 0.3 is 0 Å². The fraction of sp³-hybridized carbons (Fsp3) is 0.478. The standard InChI is InChI=1S/C23H28O6/c1-12-7-18(28-2)17(23-22(27)21(26)20(25)19(11-24)29-23)10-16(12)9-13-3-4-14-5-6-15(14)8-13/h3-4,7-8,10,19-27H,5-6,9,11H2,1-2H3/t19-,20-,21+,22-,23+/m1/s1/i5D2. The minimum Gasteiger partial charge on any atom is -0.496 e. The molecule has 2 aliphatic rings. The molecule has 29 heavy (non-hydrogen) atoms. The SMILES string of the molecule is [2H]C1([2H])Cc2cc(Cc3cc([C@@H]4O[C@H](CO)[C@@H](O)[C@H](O)[C@H]4O)c(OC)cc3C)ccc21. The predicted molar refractivity (Wildman–Crippen MR) is 107 cm³/mol. The highest BCUT2D eigenvalue weighted by Crippen LogP contribution is 2.39. The van der Waals surface area contributed by atoms with Crippen LogP contribution >= 0.6 is 0 Å². The molecule has 0 radical (unpaired) electrons. The number of hydrogen-bond acceptors (Lipinski definition) is 6. The van der Waals surface area contributed by atoms with Gasteiger partial charge in [0, 0.05) is 8.30 Å². The molecule has 2 aromatic rings. The Balaban J connectivity index is 1.67. The van der Waals surface area contributed by atoms with Crippen LogP contribution in [0.15, 0.2) is 30.3 Å². The Morgan fingerprint density at radius 2 is 1.90 bits per heavy atom. The van der Waals surface area contributed by atoms with Crippen LogP contribution in [0.1, 0.15) is 42.2 Å². The van der Waals surface area contributed by atoms with Crippen molar-refractivity contribution in [1.82, 2.24) is 0 Å². The summed E-state index contributed by atoms with van der Waals surface area (Å²) in [5.41, 5.74) is 5.27. The van der Waals surface area contributed by atoms with Gasteiger partial charge in [-0.3, -0.25) is 0 Å². The number of benzene rings is 2. The zero-order valence-corrected chi connectivity index (χ0v) is 16.5. The summed E-state index contributed by atoms with van der Waals surface area (Å²) < 4.78 is 27.0. The minimum absolute atomic E-state index is 0.411. The summed E-state index contributed by atoms with van der Waals surface area (Å²) >= 11 is 0. The van der Waals surface area contributed by atoms with Crippen LogP contribution in [0.3, 0.4) is 0 Å². The molecule has 0 spiro atoms. The fourth-order valence-electron chi connectivity index (χ4n) is 4.07. The summed E-state index contributed by atoms with van der Waals surface area (Å²) in [6.45, 7) is 1.46. The van der Waals surface area contributed by atoms with Crippen molar-refractivity contribution in [3.05, 3.63) is 63.7 Å². The van der Waals surface area contributed by atoms with E-state index in [4.69, 9.17) is 12.2 Å². The Morgan fingerprint density at radius 1 is 1.10 bits per heavy atom. The molecule has 1 fully saturated rings. The Labute approximate surface area is 173 Å². The maximum absolute atomic E-state index is 10.6. The molecule has 156 valence electrons. The van der Waals surface area contributed by atoms with Gasteiger partial charge in [0.25, 0.3) is 0 Å². The third kappa shape index (κ3) is 3.67. The highest BCUT2D eigenvalue weighted by Gasteiger charge is 2.44. The van der Waals surface area contributed by atoms with Crippen molar-refractivity contribution >= 4 is 0 Å². The average Bonchev–Trinajstić information content (AvgIpc) is 2.73. The maximum Gasteiger partial charge on any atom is 0.125 e. The lowest BCUT2D eigenvalue weighted by Crippen LogP contribution is -2.55. The molecule has 4 N–H and O–H groups in total. The lowest BCUT2D eigenvalue weighted by atomic mass is 9.85. The molecule has 0 bridgehead atoms. The number of aryl methyl sites for hydroxylation is 3. The van der Waals surface area contributed by atoms with Crippen LogP contribution in [0.25, 0.3) is 0 Å². The second-order valence-corrected chi connectivity index (χ2v) is 7.79. The molecule has 1 aliphatic heterocycles. The summed E-state index contributed by atoms with van der Waals surface area (Å²) in [4.78, 5) is 0. The molecule has 6 heteroatoms. The van der Waals surface area contributed by atoms with Gasteiger partial charge in [0.15, 0.2) is 0 Å². The van der Waals surface area contributed by atoms with Gasteiger partial charge in [-0.1, -0.05) is 18.2 Å². The number of aliphatic hydroxyl groups is 4. The molecule has 0 saturated carbocycles. The third-order valence-corrected chi connectivity index (χ3v) is 5.92. The normalized spacial score (nSPS) is 31.3. The molecule has 0 amide bonds. The summed E-state index contributed by atoms with van der Waals surface area (Å²) in [6, 6.07) is 9.48. The van der Waals surface area contributed by atoms with Crippen LogP contribution in [0.2, 0.25) is 0 Å². The van der Waals surface area contributed by atoms with Gasteiger partial charge in [-0.2, -0.15) is 0 Å². The topological polar surface area (TPSA) is 99.4 Å². The lowest BCUT2D eigenvalue weighted by molar-refractivity contribution is -0.232. The summed E-state index contributed by atoms with van der Waals surface area (Å²) in [5, 5.41) is 40.3. The highest BCUT2D eigenvalue weighted by molar-refractivity contribution is 5.47. The fourth-order valence-corrected chi connectivity index (χ4v) is 4.07. The number of methoxy groups -OCH3 is 1. The van der Waals surface area contributed by atoms with E-state index in [1.54, 1.807) is 0 Å². The van der Waals surface area contributed by atoms with Gasteiger partial charge in [0.05, 0.1) is 13.7 Å². The molecule has 1 heterocycles. The van der Waals surface area contributed by atoms with Gasteiger partial charge in [-0.05, 0) is 66.1 Å². The number of hydrogen-bond donors (Lipinski definition) is 4. The molecule has 0 aromatic heterocycles. The molecule has 1 aliphatic carbocycles. The largest absolute Gasteiger partial charge is 0.496 e. The van der Waals surface area contributed by atoms with E-state index in [0.29, 0.717) is 24.2 Å². The van der Waals surface area contributed by atoms with Crippen molar-refractivity contribution in [3.8, 4) is 5.75 Å². The molecule has 5 atom stereocenters. The average molecular weight is 402 g/mol. The first kappa shape index (κ1) is 17.9. The molecule has 4 rings (SSSR count). The number of ether oxygens (including phenoxy) is 2. The van der Waals surface area contributed by atoms with Crippen molar-refractivity contribution in [3.63, 3.8) is 0 Å². The first-order valence-electron chi connectivity index (χ1n) is 10.8.